The van der Waals surface area contributed by atoms with Gasteiger partial charge in [-0.3, -0.25) is 14.5 Å². The van der Waals surface area contributed by atoms with E-state index in [9.17, 15) is 9.59 Å². The predicted octanol–water partition coefficient (Wildman–Crippen LogP) is 2.63. The van der Waals surface area contributed by atoms with Crippen molar-refractivity contribution in [2.24, 2.45) is 11.8 Å². The van der Waals surface area contributed by atoms with Crippen LogP contribution in [0.5, 0.6) is 5.75 Å². The number of rotatable bonds is 4. The summed E-state index contributed by atoms with van der Waals surface area (Å²) in [5.74, 6) is 0.463. The molecule has 0 N–H and O–H groups in total. The molecule has 2 aliphatic rings. The molecule has 0 unspecified atom stereocenters. The number of carbonyl (C=O) groups excluding carboxylic acids is 2. The zero-order valence-electron chi connectivity index (χ0n) is 13.0. The summed E-state index contributed by atoms with van der Waals surface area (Å²) in [6.07, 6.45) is 5.37. The molecule has 1 aromatic rings. The van der Waals surface area contributed by atoms with Gasteiger partial charge in [0.25, 0.3) is 0 Å². The summed E-state index contributed by atoms with van der Waals surface area (Å²) in [7, 11) is 0. The summed E-state index contributed by atoms with van der Waals surface area (Å²) < 4.78 is 5.82. The van der Waals surface area contributed by atoms with E-state index in [1.165, 1.54) is 4.90 Å². The number of para-hydroxylation sites is 1. The molecular formula is C18H21NO3. The minimum atomic E-state index is -0.155. The number of benzene rings is 1. The molecule has 1 heterocycles. The van der Waals surface area contributed by atoms with Crippen LogP contribution >= 0.6 is 0 Å². The molecule has 0 bridgehead atoms. The van der Waals surface area contributed by atoms with Crippen LogP contribution in [0.15, 0.2) is 30.4 Å². The third-order valence-electron chi connectivity index (χ3n) is 4.57. The van der Waals surface area contributed by atoms with Crippen molar-refractivity contribution in [2.45, 2.75) is 26.7 Å². The Bertz CT molecular complexity index is 589. The lowest BCUT2D eigenvalue weighted by Gasteiger charge is -2.17. The Hall–Kier alpha value is -2.10. The number of ether oxygens (including phenoxy) is 1. The van der Waals surface area contributed by atoms with E-state index in [1.54, 1.807) is 0 Å². The van der Waals surface area contributed by atoms with Crippen molar-refractivity contribution in [1.82, 2.24) is 4.90 Å². The van der Waals surface area contributed by atoms with Crippen LogP contribution in [0, 0.1) is 25.7 Å². The Labute approximate surface area is 130 Å². The van der Waals surface area contributed by atoms with Gasteiger partial charge in [0.05, 0.1) is 18.4 Å². The lowest BCUT2D eigenvalue weighted by Crippen LogP contribution is -2.34. The maximum absolute atomic E-state index is 12.3. The van der Waals surface area contributed by atoms with Gasteiger partial charge in [-0.2, -0.15) is 0 Å². The van der Waals surface area contributed by atoms with Gasteiger partial charge >= 0.3 is 0 Å². The topological polar surface area (TPSA) is 46.6 Å². The Morgan fingerprint density at radius 2 is 1.59 bits per heavy atom. The number of likely N-dealkylation sites (tertiary alicyclic amines) is 1. The highest BCUT2D eigenvalue weighted by Crippen LogP contribution is 2.34. The van der Waals surface area contributed by atoms with Crippen LogP contribution in [0.3, 0.4) is 0 Å². The summed E-state index contributed by atoms with van der Waals surface area (Å²) in [5, 5.41) is 0. The molecule has 1 aliphatic heterocycles. The van der Waals surface area contributed by atoms with Gasteiger partial charge in [0.2, 0.25) is 11.8 Å². The number of aryl methyl sites for hydroxylation is 2. The highest BCUT2D eigenvalue weighted by atomic mass is 16.5. The second-order valence-corrected chi connectivity index (χ2v) is 6.05. The van der Waals surface area contributed by atoms with E-state index in [2.05, 4.69) is 0 Å². The molecular weight excluding hydrogens is 278 g/mol. The number of nitrogens with zero attached hydrogens (tertiary/aromatic N) is 1. The van der Waals surface area contributed by atoms with E-state index >= 15 is 0 Å². The van der Waals surface area contributed by atoms with Gasteiger partial charge in [0, 0.05) is 0 Å². The van der Waals surface area contributed by atoms with Crippen LogP contribution in [0.25, 0.3) is 0 Å². The average Bonchev–Trinajstić information content (AvgIpc) is 2.75. The lowest BCUT2D eigenvalue weighted by atomic mass is 9.85. The third-order valence-corrected chi connectivity index (χ3v) is 4.57. The van der Waals surface area contributed by atoms with Crippen molar-refractivity contribution in [3.05, 3.63) is 41.5 Å². The minimum absolute atomic E-state index is 0.0375. The molecule has 1 aliphatic carbocycles. The van der Waals surface area contributed by atoms with Crippen LogP contribution < -0.4 is 4.74 Å². The summed E-state index contributed by atoms with van der Waals surface area (Å²) in [6, 6.07) is 5.98. The molecule has 4 nitrogen and oxygen atoms in total. The first-order valence-corrected chi connectivity index (χ1v) is 7.79. The molecule has 3 rings (SSSR count). The van der Waals surface area contributed by atoms with E-state index in [1.807, 2.05) is 44.2 Å². The molecule has 1 fully saturated rings. The minimum Gasteiger partial charge on any atom is -0.491 e. The van der Waals surface area contributed by atoms with Crippen molar-refractivity contribution < 1.29 is 14.3 Å². The summed E-state index contributed by atoms with van der Waals surface area (Å²) >= 11 is 0. The van der Waals surface area contributed by atoms with Gasteiger partial charge in [0.1, 0.15) is 12.4 Å². The van der Waals surface area contributed by atoms with E-state index in [-0.39, 0.29) is 23.7 Å². The largest absolute Gasteiger partial charge is 0.491 e. The Balaban J connectivity index is 1.63. The highest BCUT2D eigenvalue weighted by molar-refractivity contribution is 6.05. The lowest BCUT2D eigenvalue weighted by molar-refractivity contribution is -0.140. The number of hydrogen-bond donors (Lipinski definition) is 0. The molecule has 1 aromatic carbocycles. The fraction of sp³-hybridized carbons (Fsp3) is 0.444. The van der Waals surface area contributed by atoms with Crippen molar-refractivity contribution >= 4 is 11.8 Å². The second-order valence-electron chi connectivity index (χ2n) is 6.05. The molecule has 22 heavy (non-hydrogen) atoms. The SMILES string of the molecule is Cc1cccc(C)c1OCCN1C(=O)[C@H]2CC=CC[C@H]2C1=O. The number of allylic oxidation sites excluding steroid dienone is 2. The van der Waals surface area contributed by atoms with E-state index in [0.717, 1.165) is 16.9 Å². The normalized spacial score (nSPS) is 23.8. The van der Waals surface area contributed by atoms with Crippen LogP contribution in [-0.4, -0.2) is 29.9 Å². The van der Waals surface area contributed by atoms with Crippen molar-refractivity contribution in [2.75, 3.05) is 13.2 Å². The molecule has 0 spiro atoms. The van der Waals surface area contributed by atoms with Crippen LogP contribution in [0.2, 0.25) is 0 Å². The zero-order chi connectivity index (χ0) is 15.7. The molecule has 2 atom stereocenters. The van der Waals surface area contributed by atoms with Crippen molar-refractivity contribution in [3.63, 3.8) is 0 Å². The van der Waals surface area contributed by atoms with Gasteiger partial charge in [-0.05, 0) is 37.8 Å². The van der Waals surface area contributed by atoms with Gasteiger partial charge in [-0.15, -0.1) is 0 Å². The third kappa shape index (κ3) is 2.54. The van der Waals surface area contributed by atoms with E-state index in [4.69, 9.17) is 4.74 Å². The Kier molecular flexibility index (Phi) is 4.01. The first-order chi connectivity index (χ1) is 10.6. The number of fused-ring (bicyclic) bond motifs is 1. The molecule has 0 aromatic heterocycles. The molecule has 116 valence electrons. The standard InChI is InChI=1S/C18H21NO3/c1-12-6-5-7-13(2)16(12)22-11-10-19-17(20)14-8-3-4-9-15(14)18(19)21/h3-7,14-15H,8-11H2,1-2H3/t14-,15+. The fourth-order valence-corrected chi connectivity index (χ4v) is 3.36. The quantitative estimate of drug-likeness (QED) is 0.634. The number of hydrogen-bond acceptors (Lipinski definition) is 3. The molecule has 4 heteroatoms. The Morgan fingerprint density at radius 3 is 2.14 bits per heavy atom. The smallest absolute Gasteiger partial charge is 0.233 e. The predicted molar refractivity (Wildman–Crippen MR) is 83.5 cm³/mol. The number of carbonyl (C=O) groups is 2. The van der Waals surface area contributed by atoms with Crippen molar-refractivity contribution in [3.8, 4) is 5.75 Å². The number of amides is 2. The van der Waals surface area contributed by atoms with E-state index < -0.39 is 0 Å². The molecule has 0 saturated carbocycles. The molecule has 0 radical (unpaired) electrons. The monoisotopic (exact) mass is 299 g/mol. The van der Waals surface area contributed by atoms with Crippen LogP contribution in [0.4, 0.5) is 0 Å². The van der Waals surface area contributed by atoms with Gasteiger partial charge in [-0.1, -0.05) is 30.4 Å². The maximum atomic E-state index is 12.3. The second kappa shape index (κ2) is 5.95. The fourth-order valence-electron chi connectivity index (χ4n) is 3.36. The van der Waals surface area contributed by atoms with Crippen molar-refractivity contribution in [1.29, 1.82) is 0 Å². The average molecular weight is 299 g/mol. The summed E-state index contributed by atoms with van der Waals surface area (Å²) in [4.78, 5) is 26.1. The van der Waals surface area contributed by atoms with Crippen LogP contribution in [0.1, 0.15) is 24.0 Å². The molecule has 2 amide bonds. The van der Waals surface area contributed by atoms with Gasteiger partial charge < -0.3 is 4.74 Å². The first kappa shape index (κ1) is 14.8. The number of imide groups is 1. The van der Waals surface area contributed by atoms with Gasteiger partial charge in [-0.25, -0.2) is 0 Å². The highest BCUT2D eigenvalue weighted by Gasteiger charge is 2.46. The van der Waals surface area contributed by atoms with Crippen LogP contribution in [-0.2, 0) is 9.59 Å². The summed E-state index contributed by atoms with van der Waals surface area (Å²) in [5.41, 5.74) is 2.13. The zero-order valence-corrected chi connectivity index (χ0v) is 13.0. The summed E-state index contributed by atoms with van der Waals surface area (Å²) in [6.45, 7) is 4.66. The van der Waals surface area contributed by atoms with E-state index in [0.29, 0.717) is 26.0 Å². The van der Waals surface area contributed by atoms with Gasteiger partial charge in [0.15, 0.2) is 0 Å². The Morgan fingerprint density at radius 1 is 1.05 bits per heavy atom. The maximum Gasteiger partial charge on any atom is 0.233 e. The molecule has 1 saturated heterocycles. The first-order valence-electron chi connectivity index (χ1n) is 7.79.